The van der Waals surface area contributed by atoms with E-state index >= 15 is 0 Å². The number of rotatable bonds is 3. The Labute approximate surface area is 100 Å². The summed E-state index contributed by atoms with van der Waals surface area (Å²) in [4.78, 5) is 11.0. The van der Waals surface area contributed by atoms with Crippen molar-refractivity contribution >= 4 is 5.97 Å². The van der Waals surface area contributed by atoms with Gasteiger partial charge in [-0.15, -0.1) is 0 Å². The smallest absolute Gasteiger partial charge is 0.384 e. The van der Waals surface area contributed by atoms with Crippen LogP contribution in [0.5, 0.6) is 5.75 Å². The molecule has 0 saturated carbocycles. The van der Waals surface area contributed by atoms with Gasteiger partial charge in [0, 0.05) is 5.92 Å². The lowest BCUT2D eigenvalue weighted by Gasteiger charge is -2.04. The molecule has 0 radical (unpaired) electrons. The average Bonchev–Trinajstić information content (AvgIpc) is 2.36. The lowest BCUT2D eigenvalue weighted by molar-refractivity contribution is -0.136. The quantitative estimate of drug-likeness (QED) is 0.486. The standard InChI is InChI=1S/C13H14O4/c1-3-17-13(15)9-8-12(14)10-4-6-11(16-2)7-5-10/h4-7,12,14H,3H2,1-2H3/t12-/m0/s1. The van der Waals surface area contributed by atoms with Crippen LogP contribution in [0.15, 0.2) is 24.3 Å². The summed E-state index contributed by atoms with van der Waals surface area (Å²) >= 11 is 0. The minimum atomic E-state index is -1.01. The predicted molar refractivity (Wildman–Crippen MR) is 62.4 cm³/mol. The first-order chi connectivity index (χ1) is 8.17. The van der Waals surface area contributed by atoms with Gasteiger partial charge in [-0.25, -0.2) is 4.79 Å². The second-order valence-electron chi connectivity index (χ2n) is 3.17. The van der Waals surface area contributed by atoms with E-state index in [2.05, 4.69) is 16.6 Å². The topological polar surface area (TPSA) is 55.8 Å². The molecule has 1 aromatic rings. The molecule has 17 heavy (non-hydrogen) atoms. The first kappa shape index (κ1) is 13.1. The van der Waals surface area contributed by atoms with Crippen molar-refractivity contribution in [3.63, 3.8) is 0 Å². The highest BCUT2D eigenvalue weighted by Crippen LogP contribution is 2.16. The first-order valence-electron chi connectivity index (χ1n) is 5.17. The molecule has 1 aromatic carbocycles. The number of carbonyl (C=O) groups excluding carboxylic acids is 1. The van der Waals surface area contributed by atoms with E-state index in [4.69, 9.17) is 4.74 Å². The zero-order valence-electron chi connectivity index (χ0n) is 9.77. The van der Waals surface area contributed by atoms with E-state index in [0.717, 1.165) is 0 Å². The highest BCUT2D eigenvalue weighted by Gasteiger charge is 2.04. The van der Waals surface area contributed by atoms with Crippen molar-refractivity contribution < 1.29 is 19.4 Å². The molecule has 0 aliphatic rings. The summed E-state index contributed by atoms with van der Waals surface area (Å²) in [6.07, 6.45) is -1.01. The van der Waals surface area contributed by atoms with Crippen molar-refractivity contribution in [3.8, 4) is 17.6 Å². The highest BCUT2D eigenvalue weighted by atomic mass is 16.5. The zero-order valence-corrected chi connectivity index (χ0v) is 9.77. The Morgan fingerprint density at radius 1 is 1.41 bits per heavy atom. The summed E-state index contributed by atoms with van der Waals surface area (Å²) < 4.78 is 9.61. The van der Waals surface area contributed by atoms with E-state index in [9.17, 15) is 9.90 Å². The predicted octanol–water partition coefficient (Wildman–Crippen LogP) is 1.30. The number of ether oxygens (including phenoxy) is 2. The molecule has 0 bridgehead atoms. The van der Waals surface area contributed by atoms with E-state index in [1.807, 2.05) is 0 Å². The summed E-state index contributed by atoms with van der Waals surface area (Å²) in [5.41, 5.74) is 0.600. The van der Waals surface area contributed by atoms with Gasteiger partial charge in [-0.1, -0.05) is 18.1 Å². The molecule has 0 aliphatic carbocycles. The Morgan fingerprint density at radius 2 is 2.06 bits per heavy atom. The molecule has 0 saturated heterocycles. The number of aliphatic hydroxyl groups excluding tert-OH is 1. The number of methoxy groups -OCH3 is 1. The van der Waals surface area contributed by atoms with Gasteiger partial charge >= 0.3 is 5.97 Å². The minimum Gasteiger partial charge on any atom is -0.497 e. The average molecular weight is 234 g/mol. The number of aliphatic hydroxyl groups is 1. The molecule has 0 heterocycles. The maximum atomic E-state index is 11.0. The van der Waals surface area contributed by atoms with E-state index < -0.39 is 12.1 Å². The highest BCUT2D eigenvalue weighted by molar-refractivity contribution is 5.88. The number of carbonyl (C=O) groups is 1. The van der Waals surface area contributed by atoms with Crippen molar-refractivity contribution in [2.45, 2.75) is 13.0 Å². The van der Waals surface area contributed by atoms with Crippen molar-refractivity contribution in [2.75, 3.05) is 13.7 Å². The molecule has 0 spiro atoms. The van der Waals surface area contributed by atoms with E-state index in [1.165, 1.54) is 0 Å². The molecular formula is C13H14O4. The molecular weight excluding hydrogens is 220 g/mol. The van der Waals surface area contributed by atoms with Crippen LogP contribution in [0.25, 0.3) is 0 Å². The Hall–Kier alpha value is -1.99. The summed E-state index contributed by atoms with van der Waals surface area (Å²) in [5, 5.41) is 9.68. The van der Waals surface area contributed by atoms with Crippen LogP contribution >= 0.6 is 0 Å². The van der Waals surface area contributed by atoms with Gasteiger partial charge in [0.25, 0.3) is 0 Å². The molecule has 0 aliphatic heterocycles. The van der Waals surface area contributed by atoms with Crippen LogP contribution in [0, 0.1) is 11.8 Å². The summed E-state index contributed by atoms with van der Waals surface area (Å²) in [6.45, 7) is 1.96. The molecule has 0 fully saturated rings. The molecule has 0 amide bonds. The fourth-order valence-corrected chi connectivity index (χ4v) is 1.16. The molecule has 1 atom stereocenters. The van der Waals surface area contributed by atoms with E-state index in [0.29, 0.717) is 11.3 Å². The Balaban J connectivity index is 2.68. The third-order valence-electron chi connectivity index (χ3n) is 2.02. The van der Waals surface area contributed by atoms with Crippen LogP contribution in [0.3, 0.4) is 0 Å². The van der Waals surface area contributed by atoms with E-state index in [1.54, 1.807) is 38.3 Å². The van der Waals surface area contributed by atoms with Gasteiger partial charge in [0.1, 0.15) is 11.9 Å². The van der Waals surface area contributed by atoms with Crippen LogP contribution in [-0.2, 0) is 9.53 Å². The fraction of sp³-hybridized carbons (Fsp3) is 0.308. The third-order valence-corrected chi connectivity index (χ3v) is 2.02. The third kappa shape index (κ3) is 4.17. The summed E-state index contributed by atoms with van der Waals surface area (Å²) in [5.74, 6) is 4.68. The van der Waals surface area contributed by atoms with Crippen LogP contribution in [-0.4, -0.2) is 24.8 Å². The monoisotopic (exact) mass is 234 g/mol. The summed E-state index contributed by atoms with van der Waals surface area (Å²) in [6, 6.07) is 6.79. The summed E-state index contributed by atoms with van der Waals surface area (Å²) in [7, 11) is 1.56. The molecule has 0 aromatic heterocycles. The Bertz CT molecular complexity index is 425. The van der Waals surface area contributed by atoms with Gasteiger partial charge in [-0.05, 0) is 24.6 Å². The van der Waals surface area contributed by atoms with Gasteiger partial charge in [0.15, 0.2) is 0 Å². The number of esters is 1. The van der Waals surface area contributed by atoms with Crippen LogP contribution in [0.2, 0.25) is 0 Å². The van der Waals surface area contributed by atoms with Crippen LogP contribution < -0.4 is 4.74 Å². The first-order valence-corrected chi connectivity index (χ1v) is 5.17. The molecule has 4 heteroatoms. The van der Waals surface area contributed by atoms with Gasteiger partial charge in [0.05, 0.1) is 13.7 Å². The van der Waals surface area contributed by atoms with Crippen molar-refractivity contribution in [1.29, 1.82) is 0 Å². The number of hydrogen-bond acceptors (Lipinski definition) is 4. The molecule has 1 N–H and O–H groups in total. The number of hydrogen-bond donors (Lipinski definition) is 1. The largest absolute Gasteiger partial charge is 0.497 e. The Morgan fingerprint density at radius 3 is 2.59 bits per heavy atom. The lowest BCUT2D eigenvalue weighted by Crippen LogP contribution is -2.01. The van der Waals surface area contributed by atoms with Crippen LogP contribution in [0.4, 0.5) is 0 Å². The zero-order chi connectivity index (χ0) is 12.7. The van der Waals surface area contributed by atoms with Crippen molar-refractivity contribution in [1.82, 2.24) is 0 Å². The van der Waals surface area contributed by atoms with Crippen molar-refractivity contribution in [3.05, 3.63) is 29.8 Å². The number of benzene rings is 1. The minimum absolute atomic E-state index is 0.270. The maximum Gasteiger partial charge on any atom is 0.384 e. The van der Waals surface area contributed by atoms with E-state index in [-0.39, 0.29) is 6.61 Å². The van der Waals surface area contributed by atoms with Gasteiger partial charge in [0.2, 0.25) is 0 Å². The fourth-order valence-electron chi connectivity index (χ4n) is 1.16. The van der Waals surface area contributed by atoms with Gasteiger partial charge < -0.3 is 14.6 Å². The Kier molecular flexibility index (Phi) is 5.05. The van der Waals surface area contributed by atoms with Crippen LogP contribution in [0.1, 0.15) is 18.6 Å². The molecule has 1 rings (SSSR count). The molecule has 0 unspecified atom stereocenters. The second kappa shape index (κ2) is 6.56. The SMILES string of the molecule is CCOC(=O)C#C[C@H](O)c1ccc(OC)cc1. The van der Waals surface area contributed by atoms with Crippen molar-refractivity contribution in [2.24, 2.45) is 0 Å². The second-order valence-corrected chi connectivity index (χ2v) is 3.17. The normalized spacial score (nSPS) is 11.0. The lowest BCUT2D eigenvalue weighted by atomic mass is 10.1. The maximum absolute atomic E-state index is 11.0. The molecule has 90 valence electrons. The molecule has 4 nitrogen and oxygen atoms in total. The van der Waals surface area contributed by atoms with Gasteiger partial charge in [-0.2, -0.15) is 0 Å². The van der Waals surface area contributed by atoms with Gasteiger partial charge in [-0.3, -0.25) is 0 Å².